The van der Waals surface area contributed by atoms with Gasteiger partial charge in [0, 0.05) is 6.20 Å². The molecule has 2 heterocycles. The third-order valence-electron chi connectivity index (χ3n) is 2.24. The fourth-order valence-electron chi connectivity index (χ4n) is 1.44. The molecule has 6 nitrogen and oxygen atoms in total. The van der Waals surface area contributed by atoms with Crippen LogP contribution in [0.2, 0.25) is 5.02 Å². The lowest BCUT2D eigenvalue weighted by Gasteiger charge is -2.05. The summed E-state index contributed by atoms with van der Waals surface area (Å²) in [5, 5.41) is 8.24. The first-order valence-electron chi connectivity index (χ1n) is 5.34. The van der Waals surface area contributed by atoms with Gasteiger partial charge in [-0.2, -0.15) is 4.68 Å². The smallest absolute Gasteiger partial charge is 0.359 e. The monoisotopic (exact) mass is 266 g/mol. The van der Waals surface area contributed by atoms with Gasteiger partial charge in [0.15, 0.2) is 11.5 Å². The first-order chi connectivity index (χ1) is 8.63. The van der Waals surface area contributed by atoms with Crippen LogP contribution in [0.3, 0.4) is 0 Å². The number of carbonyl (C=O) groups is 1. The third-order valence-corrected chi connectivity index (χ3v) is 2.46. The number of aromatic nitrogens is 4. The molecule has 2 aromatic rings. The number of aryl methyl sites for hydroxylation is 1. The van der Waals surface area contributed by atoms with Crippen molar-refractivity contribution in [3.63, 3.8) is 0 Å². The number of nitrogens with zero attached hydrogens (tertiary/aromatic N) is 4. The van der Waals surface area contributed by atoms with Crippen LogP contribution >= 0.6 is 11.6 Å². The second kappa shape index (κ2) is 5.14. The van der Waals surface area contributed by atoms with Crippen molar-refractivity contribution >= 4 is 17.6 Å². The van der Waals surface area contributed by atoms with Crippen LogP contribution < -0.4 is 0 Å². The molecule has 0 saturated carbocycles. The molecule has 0 fully saturated rings. The Kier molecular flexibility index (Phi) is 3.57. The fraction of sp³-hybridized carbons (Fsp3) is 0.273. The molecule has 2 aromatic heterocycles. The number of halogens is 1. The van der Waals surface area contributed by atoms with Crippen molar-refractivity contribution in [3.8, 4) is 5.82 Å². The molecule has 0 aliphatic carbocycles. The molecular formula is C11H11ClN4O2. The lowest BCUT2D eigenvalue weighted by Crippen LogP contribution is -2.14. The van der Waals surface area contributed by atoms with E-state index in [4.69, 9.17) is 16.3 Å². The van der Waals surface area contributed by atoms with E-state index in [0.29, 0.717) is 16.5 Å². The number of ether oxygens (including phenoxy) is 1. The normalized spacial score (nSPS) is 10.4. The van der Waals surface area contributed by atoms with Gasteiger partial charge in [-0.05, 0) is 26.0 Å². The Morgan fingerprint density at radius 3 is 2.89 bits per heavy atom. The van der Waals surface area contributed by atoms with Gasteiger partial charge in [0.2, 0.25) is 0 Å². The van der Waals surface area contributed by atoms with Gasteiger partial charge < -0.3 is 4.74 Å². The van der Waals surface area contributed by atoms with E-state index in [1.54, 1.807) is 26.0 Å². The van der Waals surface area contributed by atoms with Gasteiger partial charge in [0.1, 0.15) is 0 Å². The van der Waals surface area contributed by atoms with E-state index in [-0.39, 0.29) is 12.3 Å². The van der Waals surface area contributed by atoms with Crippen molar-refractivity contribution < 1.29 is 9.53 Å². The average Bonchev–Trinajstić information content (AvgIpc) is 2.72. The van der Waals surface area contributed by atoms with Crippen LogP contribution in [0.1, 0.15) is 23.1 Å². The highest BCUT2D eigenvalue weighted by Crippen LogP contribution is 2.14. The molecule has 0 atom stereocenters. The summed E-state index contributed by atoms with van der Waals surface area (Å²) in [6, 6.07) is 3.31. The Hall–Kier alpha value is -1.95. The standard InChI is InChI=1S/C11H11ClN4O2/c1-3-18-11(17)10-7(2)14-15-16(10)9-5-4-8(12)6-13-9/h4-6H,3H2,1-2H3. The van der Waals surface area contributed by atoms with Crippen molar-refractivity contribution in [2.75, 3.05) is 6.61 Å². The first-order valence-corrected chi connectivity index (χ1v) is 5.72. The maximum atomic E-state index is 11.8. The minimum absolute atomic E-state index is 0.270. The summed E-state index contributed by atoms with van der Waals surface area (Å²) < 4.78 is 6.30. The van der Waals surface area contributed by atoms with Gasteiger partial charge in [0.25, 0.3) is 0 Å². The average molecular weight is 267 g/mol. The number of carbonyl (C=O) groups excluding carboxylic acids is 1. The molecule has 2 rings (SSSR count). The van der Waals surface area contributed by atoms with E-state index in [1.807, 2.05) is 0 Å². The van der Waals surface area contributed by atoms with E-state index in [0.717, 1.165) is 0 Å². The summed E-state index contributed by atoms with van der Waals surface area (Å²) >= 11 is 5.76. The minimum atomic E-state index is -0.475. The van der Waals surface area contributed by atoms with Crippen molar-refractivity contribution in [2.45, 2.75) is 13.8 Å². The van der Waals surface area contributed by atoms with Crippen LogP contribution in [0, 0.1) is 6.92 Å². The van der Waals surface area contributed by atoms with Crippen molar-refractivity contribution in [2.24, 2.45) is 0 Å². The van der Waals surface area contributed by atoms with Crippen LogP contribution in [0.4, 0.5) is 0 Å². The molecule has 0 aliphatic rings. The zero-order chi connectivity index (χ0) is 13.1. The van der Waals surface area contributed by atoms with Crippen LogP contribution in [-0.4, -0.2) is 32.6 Å². The zero-order valence-electron chi connectivity index (χ0n) is 9.92. The summed E-state index contributed by atoms with van der Waals surface area (Å²) in [6.07, 6.45) is 1.48. The Balaban J connectivity index is 2.45. The molecule has 94 valence electrons. The highest BCUT2D eigenvalue weighted by atomic mass is 35.5. The maximum absolute atomic E-state index is 11.8. The maximum Gasteiger partial charge on any atom is 0.359 e. The van der Waals surface area contributed by atoms with Gasteiger partial charge in [-0.25, -0.2) is 9.78 Å². The van der Waals surface area contributed by atoms with Gasteiger partial charge in [-0.3, -0.25) is 0 Å². The second-order valence-corrected chi connectivity index (χ2v) is 3.93. The van der Waals surface area contributed by atoms with Crippen molar-refractivity contribution in [3.05, 3.63) is 34.7 Å². The predicted molar refractivity (Wildman–Crippen MR) is 64.9 cm³/mol. The van der Waals surface area contributed by atoms with Crippen LogP contribution in [0.15, 0.2) is 18.3 Å². The van der Waals surface area contributed by atoms with Crippen molar-refractivity contribution in [1.82, 2.24) is 20.0 Å². The SMILES string of the molecule is CCOC(=O)c1c(C)nnn1-c1ccc(Cl)cn1. The van der Waals surface area contributed by atoms with Gasteiger partial charge in [-0.1, -0.05) is 16.8 Å². The van der Waals surface area contributed by atoms with Crippen molar-refractivity contribution in [1.29, 1.82) is 0 Å². The molecule has 0 bridgehead atoms. The topological polar surface area (TPSA) is 69.9 Å². The van der Waals surface area contributed by atoms with Gasteiger partial charge in [0.05, 0.1) is 17.3 Å². The van der Waals surface area contributed by atoms with E-state index in [9.17, 15) is 4.79 Å². The molecular weight excluding hydrogens is 256 g/mol. The molecule has 0 saturated heterocycles. The summed E-state index contributed by atoms with van der Waals surface area (Å²) in [4.78, 5) is 15.9. The number of esters is 1. The van der Waals surface area contributed by atoms with E-state index in [2.05, 4.69) is 15.3 Å². The number of hydrogen-bond donors (Lipinski definition) is 0. The van der Waals surface area contributed by atoms with Crippen LogP contribution in [0.25, 0.3) is 5.82 Å². The second-order valence-electron chi connectivity index (χ2n) is 3.49. The Morgan fingerprint density at radius 2 is 2.28 bits per heavy atom. The Morgan fingerprint density at radius 1 is 1.50 bits per heavy atom. The molecule has 0 unspecified atom stereocenters. The third kappa shape index (κ3) is 2.33. The first kappa shape index (κ1) is 12.5. The molecule has 7 heteroatoms. The highest BCUT2D eigenvalue weighted by Gasteiger charge is 2.20. The number of rotatable bonds is 3. The summed E-state index contributed by atoms with van der Waals surface area (Å²) in [5.41, 5.74) is 0.761. The quantitative estimate of drug-likeness (QED) is 0.793. The lowest BCUT2D eigenvalue weighted by atomic mass is 10.3. The molecule has 0 aromatic carbocycles. The highest BCUT2D eigenvalue weighted by molar-refractivity contribution is 6.30. The van der Waals surface area contributed by atoms with Gasteiger partial charge >= 0.3 is 5.97 Å². The number of hydrogen-bond acceptors (Lipinski definition) is 5. The minimum Gasteiger partial charge on any atom is -0.461 e. The summed E-state index contributed by atoms with van der Waals surface area (Å²) in [6.45, 7) is 3.71. The van der Waals surface area contributed by atoms with E-state index >= 15 is 0 Å². The molecule has 0 aliphatic heterocycles. The summed E-state index contributed by atoms with van der Waals surface area (Å²) in [7, 11) is 0. The van der Waals surface area contributed by atoms with Crippen LogP contribution in [-0.2, 0) is 4.74 Å². The van der Waals surface area contributed by atoms with E-state index in [1.165, 1.54) is 10.9 Å². The van der Waals surface area contributed by atoms with Gasteiger partial charge in [-0.15, -0.1) is 5.10 Å². The van der Waals surface area contributed by atoms with Crippen LogP contribution in [0.5, 0.6) is 0 Å². The molecule has 18 heavy (non-hydrogen) atoms. The zero-order valence-corrected chi connectivity index (χ0v) is 10.7. The predicted octanol–water partition coefficient (Wildman–Crippen LogP) is 1.80. The van der Waals surface area contributed by atoms with E-state index < -0.39 is 5.97 Å². The number of pyridine rings is 1. The molecule has 0 N–H and O–H groups in total. The Labute approximate surface area is 109 Å². The summed E-state index contributed by atoms with van der Waals surface area (Å²) in [5.74, 6) is -0.0141. The molecule has 0 radical (unpaired) electrons. The Bertz CT molecular complexity index is 565. The largest absolute Gasteiger partial charge is 0.461 e. The molecule has 0 amide bonds. The molecule has 0 spiro atoms. The lowest BCUT2D eigenvalue weighted by molar-refractivity contribution is 0.0514. The fourth-order valence-corrected chi connectivity index (χ4v) is 1.56.